The number of likely N-dealkylation sites (tertiary alicyclic amines) is 2. The Morgan fingerprint density at radius 3 is 2.39 bits per heavy atom. The fourth-order valence-corrected chi connectivity index (χ4v) is 5.06. The molecule has 3 heterocycles. The number of benzene rings is 1. The van der Waals surface area contributed by atoms with Gasteiger partial charge in [-0.1, -0.05) is 0 Å². The van der Waals surface area contributed by atoms with Gasteiger partial charge in [0.25, 0.3) is 0 Å². The summed E-state index contributed by atoms with van der Waals surface area (Å²) in [7, 11) is 2.05. The van der Waals surface area contributed by atoms with Crippen LogP contribution in [0.15, 0.2) is 24.4 Å². The van der Waals surface area contributed by atoms with E-state index in [0.29, 0.717) is 31.6 Å². The largest absolute Gasteiger partial charge is 0.444 e. The number of rotatable bonds is 3. The van der Waals surface area contributed by atoms with E-state index in [1.54, 1.807) is 4.90 Å². The minimum atomic E-state index is -4.79. The lowest BCUT2D eigenvalue weighted by atomic mass is 9.95. The Hall–Kier alpha value is -2.62. The number of ether oxygens (including phenoxy) is 1. The normalized spacial score (nSPS) is 20.6. The number of imidazole rings is 1. The van der Waals surface area contributed by atoms with Crippen molar-refractivity contribution >= 4 is 6.09 Å². The van der Waals surface area contributed by atoms with Crippen molar-refractivity contribution in [3.05, 3.63) is 41.6 Å². The van der Waals surface area contributed by atoms with E-state index in [9.17, 15) is 22.4 Å². The number of halogens is 4. The van der Waals surface area contributed by atoms with Gasteiger partial charge in [-0.05, 0) is 78.2 Å². The SMILES string of the molecule is CN1CCCC(n2cc(-c3ccc(F)c(C(F)(F)F)c3)nc2C2CCN(C(=O)OC(C)(C)C)CC2)C1. The first kappa shape index (κ1) is 26.4. The molecule has 1 amide bonds. The molecule has 0 bridgehead atoms. The summed E-state index contributed by atoms with van der Waals surface area (Å²) in [4.78, 5) is 21.2. The Bertz CT molecular complexity index is 1080. The highest BCUT2D eigenvalue weighted by molar-refractivity contribution is 5.68. The van der Waals surface area contributed by atoms with Gasteiger partial charge in [0.1, 0.15) is 17.2 Å². The van der Waals surface area contributed by atoms with Gasteiger partial charge in [-0.25, -0.2) is 14.2 Å². The number of alkyl halides is 3. The minimum absolute atomic E-state index is 0.0483. The molecule has 1 aromatic carbocycles. The summed E-state index contributed by atoms with van der Waals surface area (Å²) in [6.07, 6.45) is -0.00451. The van der Waals surface area contributed by atoms with Gasteiger partial charge in [-0.15, -0.1) is 0 Å². The van der Waals surface area contributed by atoms with Crippen molar-refractivity contribution in [1.82, 2.24) is 19.4 Å². The predicted octanol–water partition coefficient (Wildman–Crippen LogP) is 6.09. The third kappa shape index (κ3) is 6.02. The number of carbonyl (C=O) groups is 1. The molecule has 2 aliphatic heterocycles. The molecule has 198 valence electrons. The van der Waals surface area contributed by atoms with Crippen LogP contribution < -0.4 is 0 Å². The Morgan fingerprint density at radius 2 is 1.78 bits per heavy atom. The fraction of sp³-hybridized carbons (Fsp3) is 0.615. The van der Waals surface area contributed by atoms with Crippen LogP contribution in [-0.2, 0) is 10.9 Å². The van der Waals surface area contributed by atoms with Crippen molar-refractivity contribution in [2.24, 2.45) is 0 Å². The third-order valence-electron chi connectivity index (χ3n) is 6.83. The molecule has 1 unspecified atom stereocenters. The maximum atomic E-state index is 13.9. The van der Waals surface area contributed by atoms with Crippen molar-refractivity contribution in [3.63, 3.8) is 0 Å². The number of piperidine rings is 2. The number of carbonyl (C=O) groups excluding carboxylic acids is 1. The molecule has 1 atom stereocenters. The highest BCUT2D eigenvalue weighted by Crippen LogP contribution is 2.37. The van der Waals surface area contributed by atoms with Crippen LogP contribution in [0.2, 0.25) is 0 Å². The lowest BCUT2D eigenvalue weighted by molar-refractivity contribution is -0.139. The average molecular weight is 511 g/mol. The van der Waals surface area contributed by atoms with Crippen LogP contribution >= 0.6 is 0 Å². The molecular weight excluding hydrogens is 476 g/mol. The molecule has 2 fully saturated rings. The van der Waals surface area contributed by atoms with E-state index in [4.69, 9.17) is 9.72 Å². The summed E-state index contributed by atoms with van der Waals surface area (Å²) in [5.74, 6) is -0.437. The smallest absolute Gasteiger partial charge is 0.419 e. The Kier molecular flexibility index (Phi) is 7.37. The quantitative estimate of drug-likeness (QED) is 0.469. The van der Waals surface area contributed by atoms with Crippen molar-refractivity contribution in [2.45, 2.75) is 70.2 Å². The number of hydrogen-bond acceptors (Lipinski definition) is 4. The van der Waals surface area contributed by atoms with Gasteiger partial charge in [0, 0.05) is 43.4 Å². The van der Waals surface area contributed by atoms with Gasteiger partial charge in [0.05, 0.1) is 11.3 Å². The molecule has 0 spiro atoms. The van der Waals surface area contributed by atoms with Crippen LogP contribution in [0.3, 0.4) is 0 Å². The molecule has 36 heavy (non-hydrogen) atoms. The van der Waals surface area contributed by atoms with Crippen LogP contribution in [0.1, 0.15) is 69.8 Å². The average Bonchev–Trinajstić information content (AvgIpc) is 3.23. The minimum Gasteiger partial charge on any atom is -0.444 e. The van der Waals surface area contributed by atoms with Crippen molar-refractivity contribution in [1.29, 1.82) is 0 Å². The van der Waals surface area contributed by atoms with Crippen LogP contribution in [0.5, 0.6) is 0 Å². The predicted molar refractivity (Wildman–Crippen MR) is 128 cm³/mol. The zero-order valence-electron chi connectivity index (χ0n) is 21.2. The van der Waals surface area contributed by atoms with Crippen LogP contribution in [0.25, 0.3) is 11.3 Å². The molecule has 0 aliphatic carbocycles. The van der Waals surface area contributed by atoms with Crippen LogP contribution in [0, 0.1) is 5.82 Å². The van der Waals surface area contributed by atoms with E-state index in [-0.39, 0.29) is 23.6 Å². The molecule has 10 heteroatoms. The number of amides is 1. The molecule has 1 aromatic heterocycles. The highest BCUT2D eigenvalue weighted by Gasteiger charge is 2.35. The van der Waals surface area contributed by atoms with Crippen molar-refractivity contribution in [2.75, 3.05) is 33.2 Å². The standard InChI is InChI=1S/C26H34F4N4O2/c1-25(2,3)36-24(35)33-12-9-17(10-13-33)23-31-22(16-34(23)19-6-5-11-32(4)15-19)18-7-8-21(27)20(14-18)26(28,29)30/h7-8,14,16-17,19H,5-6,9-13,15H2,1-4H3. The van der Waals surface area contributed by atoms with E-state index in [1.807, 2.05) is 27.0 Å². The first-order valence-corrected chi connectivity index (χ1v) is 12.4. The summed E-state index contributed by atoms with van der Waals surface area (Å²) < 4.78 is 61.5. The van der Waals surface area contributed by atoms with Crippen molar-refractivity contribution in [3.8, 4) is 11.3 Å². The number of aromatic nitrogens is 2. The van der Waals surface area contributed by atoms with E-state index in [0.717, 1.165) is 43.9 Å². The molecule has 0 saturated carbocycles. The number of likely N-dealkylation sites (N-methyl/N-ethyl adjacent to an activating group) is 1. The summed E-state index contributed by atoms with van der Waals surface area (Å²) in [6.45, 7) is 8.33. The van der Waals surface area contributed by atoms with Crippen LogP contribution in [-0.4, -0.2) is 64.3 Å². The second kappa shape index (κ2) is 10.0. The molecule has 6 nitrogen and oxygen atoms in total. The van der Waals surface area contributed by atoms with Gasteiger partial charge in [-0.3, -0.25) is 0 Å². The molecule has 4 rings (SSSR count). The number of hydrogen-bond donors (Lipinski definition) is 0. The zero-order chi connectivity index (χ0) is 26.3. The first-order valence-electron chi connectivity index (χ1n) is 12.4. The molecule has 0 radical (unpaired) electrons. The zero-order valence-corrected chi connectivity index (χ0v) is 21.2. The summed E-state index contributed by atoms with van der Waals surface area (Å²) in [5, 5.41) is 0. The third-order valence-corrected chi connectivity index (χ3v) is 6.83. The maximum absolute atomic E-state index is 13.9. The second-order valence-corrected chi connectivity index (χ2v) is 10.9. The van der Waals surface area contributed by atoms with E-state index >= 15 is 0 Å². The molecular formula is C26H34F4N4O2. The van der Waals surface area contributed by atoms with Gasteiger partial charge < -0.3 is 19.1 Å². The second-order valence-electron chi connectivity index (χ2n) is 10.9. The summed E-state index contributed by atoms with van der Waals surface area (Å²) in [5.41, 5.74) is -1.23. The van der Waals surface area contributed by atoms with Gasteiger partial charge in [-0.2, -0.15) is 13.2 Å². The Morgan fingerprint density at radius 1 is 1.08 bits per heavy atom. The topological polar surface area (TPSA) is 50.6 Å². The Balaban J connectivity index is 1.62. The maximum Gasteiger partial charge on any atom is 0.419 e. The number of nitrogens with zero attached hydrogens (tertiary/aromatic N) is 4. The molecule has 2 saturated heterocycles. The van der Waals surface area contributed by atoms with Crippen molar-refractivity contribution < 1.29 is 27.1 Å². The van der Waals surface area contributed by atoms with Crippen LogP contribution in [0.4, 0.5) is 22.4 Å². The first-order chi connectivity index (χ1) is 16.8. The summed E-state index contributed by atoms with van der Waals surface area (Å²) in [6, 6.07) is 3.18. The lowest BCUT2D eigenvalue weighted by Gasteiger charge is -2.35. The molecule has 2 aliphatic rings. The lowest BCUT2D eigenvalue weighted by Crippen LogP contribution is -2.42. The van der Waals surface area contributed by atoms with Gasteiger partial charge >= 0.3 is 12.3 Å². The monoisotopic (exact) mass is 510 g/mol. The summed E-state index contributed by atoms with van der Waals surface area (Å²) >= 11 is 0. The van der Waals surface area contributed by atoms with E-state index in [2.05, 4.69) is 16.5 Å². The van der Waals surface area contributed by atoms with E-state index in [1.165, 1.54) is 6.07 Å². The molecule has 2 aromatic rings. The molecule has 0 N–H and O–H groups in total. The fourth-order valence-electron chi connectivity index (χ4n) is 5.06. The van der Waals surface area contributed by atoms with Gasteiger partial charge in [0.2, 0.25) is 0 Å². The highest BCUT2D eigenvalue weighted by atomic mass is 19.4. The Labute approximate surface area is 209 Å². The van der Waals surface area contributed by atoms with Gasteiger partial charge in [0.15, 0.2) is 0 Å². The van der Waals surface area contributed by atoms with E-state index < -0.39 is 23.2 Å².